The van der Waals surface area contributed by atoms with E-state index in [4.69, 9.17) is 10.3 Å². The Bertz CT molecular complexity index is 587. The molecule has 0 aromatic carbocycles. The number of amides is 1. The van der Waals surface area contributed by atoms with Crippen molar-refractivity contribution in [2.75, 3.05) is 0 Å². The molecule has 0 atom stereocenters. The van der Waals surface area contributed by atoms with E-state index in [0.717, 1.165) is 0 Å². The largest absolute Gasteiger partial charge is 0.454 e. The number of hydrogen-bond acceptors (Lipinski definition) is 5. The molecule has 1 amide bonds. The number of hydrazine groups is 1. The molecule has 2 aromatic rings. The van der Waals surface area contributed by atoms with Crippen LogP contribution in [0.3, 0.4) is 0 Å². The van der Waals surface area contributed by atoms with Crippen LogP contribution in [-0.2, 0) is 6.54 Å². The molecule has 7 nitrogen and oxygen atoms in total. The van der Waals surface area contributed by atoms with Crippen LogP contribution in [0.4, 0.5) is 0 Å². The van der Waals surface area contributed by atoms with Crippen molar-refractivity contribution in [3.63, 3.8) is 0 Å². The number of aromatic nitrogens is 2. The Kier molecular flexibility index (Phi) is 3.01. The van der Waals surface area contributed by atoms with Crippen LogP contribution in [0.15, 0.2) is 39.8 Å². The molecule has 2 heterocycles. The fourth-order valence-electron chi connectivity index (χ4n) is 1.33. The van der Waals surface area contributed by atoms with E-state index in [-0.39, 0.29) is 18.0 Å². The minimum absolute atomic E-state index is 0.0967. The van der Waals surface area contributed by atoms with Gasteiger partial charge in [-0.1, -0.05) is 0 Å². The zero-order valence-corrected chi connectivity index (χ0v) is 8.79. The van der Waals surface area contributed by atoms with E-state index in [1.165, 1.54) is 16.8 Å². The molecule has 17 heavy (non-hydrogen) atoms. The third kappa shape index (κ3) is 2.40. The molecule has 0 fully saturated rings. The van der Waals surface area contributed by atoms with Crippen LogP contribution in [0, 0.1) is 0 Å². The van der Waals surface area contributed by atoms with Crippen LogP contribution in [0.1, 0.15) is 16.3 Å². The predicted octanol–water partition coefficient (Wildman–Crippen LogP) is -0.512. The molecular weight excluding hydrogens is 224 g/mol. The molecule has 2 aromatic heterocycles. The normalized spacial score (nSPS) is 10.2. The summed E-state index contributed by atoms with van der Waals surface area (Å²) in [6.07, 6.45) is 2.99. The average Bonchev–Trinajstić information content (AvgIpc) is 2.80. The molecule has 0 spiro atoms. The van der Waals surface area contributed by atoms with E-state index in [1.807, 2.05) is 5.43 Å². The quantitative estimate of drug-likeness (QED) is 0.423. The molecule has 0 radical (unpaired) electrons. The van der Waals surface area contributed by atoms with Crippen molar-refractivity contribution in [3.05, 3.63) is 52.6 Å². The summed E-state index contributed by atoms with van der Waals surface area (Å²) in [6, 6.07) is 4.72. The van der Waals surface area contributed by atoms with Gasteiger partial charge in [-0.2, -0.15) is 0 Å². The van der Waals surface area contributed by atoms with Gasteiger partial charge in [0.25, 0.3) is 0 Å². The summed E-state index contributed by atoms with van der Waals surface area (Å²) in [4.78, 5) is 26.1. The molecule has 88 valence electrons. The Morgan fingerprint density at radius 3 is 3.06 bits per heavy atom. The summed E-state index contributed by atoms with van der Waals surface area (Å²) in [5.41, 5.74) is 1.58. The summed E-state index contributed by atoms with van der Waals surface area (Å²) >= 11 is 0. The average molecular weight is 234 g/mol. The Morgan fingerprint density at radius 1 is 1.53 bits per heavy atom. The smallest absolute Gasteiger partial charge is 0.347 e. The van der Waals surface area contributed by atoms with Crippen LogP contribution < -0.4 is 17.0 Å². The Balaban J connectivity index is 2.20. The molecule has 0 aliphatic heterocycles. The number of carbonyl (C=O) groups excluding carboxylic acids is 1. The van der Waals surface area contributed by atoms with Crippen molar-refractivity contribution in [3.8, 4) is 0 Å². The standard InChI is InChI=1S/C10H10N4O3/c11-13-9(15)8-3-2-7(17-8)6-14-5-1-4-12-10(14)16/h1-5H,6,11H2,(H,13,15). The summed E-state index contributed by atoms with van der Waals surface area (Å²) < 4.78 is 6.58. The van der Waals surface area contributed by atoms with Gasteiger partial charge in [-0.25, -0.2) is 15.6 Å². The highest BCUT2D eigenvalue weighted by Gasteiger charge is 2.09. The van der Waals surface area contributed by atoms with Gasteiger partial charge < -0.3 is 4.42 Å². The number of nitrogens with one attached hydrogen (secondary N) is 1. The van der Waals surface area contributed by atoms with Crippen LogP contribution in [0.2, 0.25) is 0 Å². The molecule has 0 saturated carbocycles. The Labute approximate surface area is 95.8 Å². The van der Waals surface area contributed by atoms with E-state index in [1.54, 1.807) is 18.3 Å². The molecule has 0 saturated heterocycles. The first-order valence-corrected chi connectivity index (χ1v) is 4.82. The maximum Gasteiger partial charge on any atom is 0.347 e. The number of nitrogen functional groups attached to an aromatic ring is 1. The van der Waals surface area contributed by atoms with E-state index < -0.39 is 5.91 Å². The summed E-state index contributed by atoms with van der Waals surface area (Å²) in [5.74, 6) is 5.01. The Hall–Kier alpha value is -2.41. The zero-order chi connectivity index (χ0) is 12.3. The van der Waals surface area contributed by atoms with Crippen LogP contribution in [0.5, 0.6) is 0 Å². The highest BCUT2D eigenvalue weighted by Crippen LogP contribution is 2.08. The summed E-state index contributed by atoms with van der Waals surface area (Å²) in [6.45, 7) is 0.213. The van der Waals surface area contributed by atoms with Gasteiger partial charge in [0.15, 0.2) is 5.76 Å². The maximum atomic E-state index is 11.3. The van der Waals surface area contributed by atoms with Crippen molar-refractivity contribution in [2.24, 2.45) is 5.84 Å². The highest BCUT2D eigenvalue weighted by molar-refractivity contribution is 5.90. The minimum Gasteiger partial charge on any atom is -0.454 e. The predicted molar refractivity (Wildman–Crippen MR) is 58.0 cm³/mol. The second-order valence-corrected chi connectivity index (χ2v) is 3.27. The maximum absolute atomic E-state index is 11.3. The van der Waals surface area contributed by atoms with Crippen LogP contribution in [-0.4, -0.2) is 15.5 Å². The van der Waals surface area contributed by atoms with Crippen molar-refractivity contribution in [2.45, 2.75) is 6.54 Å². The summed E-state index contributed by atoms with van der Waals surface area (Å²) in [7, 11) is 0. The first-order chi connectivity index (χ1) is 8.20. The van der Waals surface area contributed by atoms with Gasteiger partial charge in [-0.15, -0.1) is 0 Å². The van der Waals surface area contributed by atoms with Crippen molar-refractivity contribution in [1.82, 2.24) is 15.0 Å². The molecule has 0 unspecified atom stereocenters. The van der Waals surface area contributed by atoms with Gasteiger partial charge in [-0.3, -0.25) is 14.8 Å². The number of carbonyl (C=O) groups is 1. The molecule has 3 N–H and O–H groups in total. The lowest BCUT2D eigenvalue weighted by Gasteiger charge is -2.00. The van der Waals surface area contributed by atoms with Crippen molar-refractivity contribution >= 4 is 5.91 Å². The van der Waals surface area contributed by atoms with Crippen molar-refractivity contribution < 1.29 is 9.21 Å². The van der Waals surface area contributed by atoms with Gasteiger partial charge in [0.05, 0.1) is 6.54 Å². The number of furan rings is 1. The molecule has 0 aliphatic carbocycles. The monoisotopic (exact) mass is 234 g/mol. The molecule has 0 aliphatic rings. The fraction of sp³-hybridized carbons (Fsp3) is 0.100. The molecule has 2 rings (SSSR count). The first kappa shape index (κ1) is 11.1. The highest BCUT2D eigenvalue weighted by atomic mass is 16.4. The van der Waals surface area contributed by atoms with Crippen LogP contribution >= 0.6 is 0 Å². The second-order valence-electron chi connectivity index (χ2n) is 3.27. The topological polar surface area (TPSA) is 103 Å². The number of rotatable bonds is 3. The van der Waals surface area contributed by atoms with Gasteiger partial charge in [-0.05, 0) is 18.2 Å². The zero-order valence-electron chi connectivity index (χ0n) is 8.79. The lowest BCUT2D eigenvalue weighted by molar-refractivity contribution is 0.0924. The SMILES string of the molecule is NNC(=O)c1ccc(Cn2cccnc2=O)o1. The van der Waals surface area contributed by atoms with Gasteiger partial charge in [0.2, 0.25) is 0 Å². The molecular formula is C10H10N4O3. The first-order valence-electron chi connectivity index (χ1n) is 4.82. The van der Waals surface area contributed by atoms with Gasteiger partial charge in [0.1, 0.15) is 5.76 Å². The van der Waals surface area contributed by atoms with E-state index in [0.29, 0.717) is 5.76 Å². The van der Waals surface area contributed by atoms with Crippen LogP contribution in [0.25, 0.3) is 0 Å². The minimum atomic E-state index is -0.519. The van der Waals surface area contributed by atoms with E-state index in [9.17, 15) is 9.59 Å². The molecule has 7 heteroatoms. The summed E-state index contributed by atoms with van der Waals surface area (Å²) in [5, 5.41) is 0. The number of nitrogens with two attached hydrogens (primary N) is 1. The van der Waals surface area contributed by atoms with Gasteiger partial charge in [0, 0.05) is 12.4 Å². The number of hydrogen-bond donors (Lipinski definition) is 2. The lowest BCUT2D eigenvalue weighted by Crippen LogP contribution is -2.29. The van der Waals surface area contributed by atoms with Gasteiger partial charge >= 0.3 is 11.6 Å². The number of nitrogens with zero attached hydrogens (tertiary/aromatic N) is 2. The lowest BCUT2D eigenvalue weighted by atomic mass is 10.4. The fourth-order valence-corrected chi connectivity index (χ4v) is 1.33. The third-order valence-electron chi connectivity index (χ3n) is 2.13. The Morgan fingerprint density at radius 2 is 2.35 bits per heavy atom. The second kappa shape index (κ2) is 4.62. The van der Waals surface area contributed by atoms with E-state index in [2.05, 4.69) is 4.98 Å². The molecule has 0 bridgehead atoms. The van der Waals surface area contributed by atoms with E-state index >= 15 is 0 Å². The third-order valence-corrected chi connectivity index (χ3v) is 2.13. The van der Waals surface area contributed by atoms with Crippen molar-refractivity contribution in [1.29, 1.82) is 0 Å².